The summed E-state index contributed by atoms with van der Waals surface area (Å²) in [4.78, 5) is 0.270. The van der Waals surface area contributed by atoms with E-state index in [4.69, 9.17) is 0 Å². The van der Waals surface area contributed by atoms with Gasteiger partial charge in [-0.2, -0.15) is 4.31 Å². The Morgan fingerprint density at radius 3 is 2.43 bits per heavy atom. The predicted octanol–water partition coefficient (Wildman–Crippen LogP) is 3.31. The summed E-state index contributed by atoms with van der Waals surface area (Å²) in [6.45, 7) is 8.49. The molecule has 21 heavy (non-hydrogen) atoms. The van der Waals surface area contributed by atoms with E-state index >= 15 is 0 Å². The highest BCUT2D eigenvalue weighted by atomic mass is 79.9. The topological polar surface area (TPSA) is 57.6 Å². The highest BCUT2D eigenvalue weighted by Gasteiger charge is 2.27. The van der Waals surface area contributed by atoms with Crippen molar-refractivity contribution in [3.8, 4) is 0 Å². The summed E-state index contributed by atoms with van der Waals surface area (Å²) < 4.78 is 28.0. The Labute approximate surface area is 136 Å². The second-order valence-electron chi connectivity index (χ2n) is 5.33. The largest absolute Gasteiger partial charge is 0.392 e. The summed E-state index contributed by atoms with van der Waals surface area (Å²) in [5, 5.41) is 9.29. The molecule has 1 aromatic carbocycles. The van der Waals surface area contributed by atoms with E-state index in [0.717, 1.165) is 6.42 Å². The zero-order valence-corrected chi connectivity index (χ0v) is 15.5. The summed E-state index contributed by atoms with van der Waals surface area (Å²) in [6, 6.07) is 3.31. The van der Waals surface area contributed by atoms with Gasteiger partial charge in [0.05, 0.1) is 11.5 Å². The van der Waals surface area contributed by atoms with E-state index in [1.807, 2.05) is 13.8 Å². The molecule has 6 heteroatoms. The molecule has 0 fully saturated rings. The van der Waals surface area contributed by atoms with Crippen LogP contribution in [0.25, 0.3) is 0 Å². The molecule has 120 valence electrons. The van der Waals surface area contributed by atoms with Crippen LogP contribution >= 0.6 is 15.9 Å². The van der Waals surface area contributed by atoms with Crippen molar-refractivity contribution in [1.29, 1.82) is 0 Å². The maximum atomic E-state index is 12.9. The summed E-state index contributed by atoms with van der Waals surface area (Å²) in [6.07, 6.45) is 0.936. The minimum atomic E-state index is -3.55. The number of sulfonamides is 1. The third kappa shape index (κ3) is 4.28. The lowest BCUT2D eigenvalue weighted by atomic mass is 10.1. The number of aliphatic hydroxyl groups is 1. The van der Waals surface area contributed by atoms with Gasteiger partial charge in [-0.1, -0.05) is 43.1 Å². The van der Waals surface area contributed by atoms with Gasteiger partial charge >= 0.3 is 0 Å². The Hall–Kier alpha value is -0.430. The van der Waals surface area contributed by atoms with Gasteiger partial charge in [0.1, 0.15) is 0 Å². The second-order valence-corrected chi connectivity index (χ2v) is 8.09. The first-order valence-electron chi connectivity index (χ1n) is 7.17. The van der Waals surface area contributed by atoms with Gasteiger partial charge in [-0.25, -0.2) is 8.42 Å². The van der Waals surface area contributed by atoms with Crippen LogP contribution in [0.4, 0.5) is 0 Å². The van der Waals surface area contributed by atoms with Gasteiger partial charge in [0, 0.05) is 17.6 Å². The Balaban J connectivity index is 3.31. The summed E-state index contributed by atoms with van der Waals surface area (Å²) in [5.41, 5.74) is 1.26. The van der Waals surface area contributed by atoms with E-state index in [0.29, 0.717) is 34.6 Å². The molecule has 0 aromatic heterocycles. The molecule has 0 aliphatic carbocycles. The van der Waals surface area contributed by atoms with Crippen molar-refractivity contribution in [1.82, 2.24) is 4.31 Å². The summed E-state index contributed by atoms with van der Waals surface area (Å²) in [7, 11) is -3.55. The van der Waals surface area contributed by atoms with Crippen LogP contribution in [0.3, 0.4) is 0 Å². The molecule has 0 spiro atoms. The van der Waals surface area contributed by atoms with E-state index in [1.54, 1.807) is 19.1 Å². The molecule has 0 aliphatic heterocycles. The fraction of sp³-hybridized carbons (Fsp3) is 0.600. The minimum Gasteiger partial charge on any atom is -0.392 e. The van der Waals surface area contributed by atoms with E-state index in [1.165, 1.54) is 4.31 Å². The number of hydrogen-bond acceptors (Lipinski definition) is 3. The molecule has 1 rings (SSSR count). The molecule has 0 amide bonds. The first-order chi connectivity index (χ1) is 9.77. The van der Waals surface area contributed by atoms with Gasteiger partial charge in [-0.15, -0.1) is 0 Å². The SMILES string of the molecule is CCC(C)CN(CC)S(=O)(=O)c1cc(CO)cc(Br)c1C. The Kier molecular flexibility index (Phi) is 6.84. The lowest BCUT2D eigenvalue weighted by Crippen LogP contribution is -2.35. The lowest BCUT2D eigenvalue weighted by molar-refractivity contribution is 0.281. The summed E-state index contributed by atoms with van der Waals surface area (Å²) >= 11 is 3.37. The van der Waals surface area contributed by atoms with E-state index in [-0.39, 0.29) is 11.5 Å². The van der Waals surface area contributed by atoms with Gasteiger partial charge in [0.2, 0.25) is 10.0 Å². The van der Waals surface area contributed by atoms with Crippen LogP contribution in [0, 0.1) is 12.8 Å². The van der Waals surface area contributed by atoms with Gasteiger partial charge in [0.25, 0.3) is 0 Å². The molecule has 0 saturated heterocycles. The zero-order chi connectivity index (χ0) is 16.2. The maximum absolute atomic E-state index is 12.9. The van der Waals surface area contributed by atoms with Crippen LogP contribution in [-0.4, -0.2) is 30.9 Å². The van der Waals surface area contributed by atoms with E-state index in [2.05, 4.69) is 22.9 Å². The first kappa shape index (κ1) is 18.6. The number of rotatable bonds is 7. The molecule has 0 bridgehead atoms. The molecule has 0 heterocycles. The predicted molar refractivity (Wildman–Crippen MR) is 88.7 cm³/mol. The maximum Gasteiger partial charge on any atom is 0.243 e. The third-order valence-corrected chi connectivity index (χ3v) is 6.61. The molecule has 1 aromatic rings. The van der Waals surface area contributed by atoms with Crippen molar-refractivity contribution < 1.29 is 13.5 Å². The lowest BCUT2D eigenvalue weighted by Gasteiger charge is -2.25. The Morgan fingerprint density at radius 2 is 1.95 bits per heavy atom. The van der Waals surface area contributed by atoms with Crippen molar-refractivity contribution in [3.05, 3.63) is 27.7 Å². The molecule has 0 radical (unpaired) electrons. The van der Waals surface area contributed by atoms with Gasteiger partial charge in [0.15, 0.2) is 0 Å². The van der Waals surface area contributed by atoms with Crippen LogP contribution in [0.15, 0.2) is 21.5 Å². The third-order valence-electron chi connectivity index (χ3n) is 3.72. The van der Waals surface area contributed by atoms with Crippen LogP contribution in [-0.2, 0) is 16.6 Å². The van der Waals surface area contributed by atoms with E-state index < -0.39 is 10.0 Å². The first-order valence-corrected chi connectivity index (χ1v) is 9.41. The van der Waals surface area contributed by atoms with Crippen molar-refractivity contribution in [2.24, 2.45) is 5.92 Å². The number of halogens is 1. The minimum absolute atomic E-state index is 0.182. The number of nitrogens with zero attached hydrogens (tertiary/aromatic N) is 1. The second kappa shape index (κ2) is 7.72. The molecule has 4 nitrogen and oxygen atoms in total. The van der Waals surface area contributed by atoms with Crippen molar-refractivity contribution >= 4 is 26.0 Å². The van der Waals surface area contributed by atoms with E-state index in [9.17, 15) is 13.5 Å². The summed E-state index contributed by atoms with van der Waals surface area (Å²) in [5.74, 6) is 0.310. The quantitative estimate of drug-likeness (QED) is 0.792. The van der Waals surface area contributed by atoms with Crippen molar-refractivity contribution in [3.63, 3.8) is 0 Å². The van der Waals surface area contributed by atoms with Crippen LogP contribution in [0.1, 0.15) is 38.3 Å². The number of benzene rings is 1. The Bertz CT molecular complexity index is 587. The Morgan fingerprint density at radius 1 is 1.33 bits per heavy atom. The monoisotopic (exact) mass is 377 g/mol. The average molecular weight is 378 g/mol. The van der Waals surface area contributed by atoms with Crippen LogP contribution in [0.2, 0.25) is 0 Å². The average Bonchev–Trinajstić information content (AvgIpc) is 2.46. The molecule has 1 unspecified atom stereocenters. The molecule has 0 saturated carbocycles. The highest BCUT2D eigenvalue weighted by Crippen LogP contribution is 2.28. The van der Waals surface area contributed by atoms with Gasteiger partial charge in [-0.3, -0.25) is 0 Å². The standard InChI is InChI=1S/C15H24BrNO3S/c1-5-11(3)9-17(6-2)21(19,20)15-8-13(10-18)7-14(16)12(15)4/h7-8,11,18H,5-6,9-10H2,1-4H3. The zero-order valence-electron chi connectivity index (χ0n) is 13.1. The van der Waals surface area contributed by atoms with Crippen LogP contribution < -0.4 is 0 Å². The fourth-order valence-electron chi connectivity index (χ4n) is 2.08. The smallest absolute Gasteiger partial charge is 0.243 e. The fourth-order valence-corrected chi connectivity index (χ4v) is 4.58. The molecule has 1 atom stereocenters. The van der Waals surface area contributed by atoms with Gasteiger partial charge in [-0.05, 0) is 36.1 Å². The highest BCUT2D eigenvalue weighted by molar-refractivity contribution is 9.10. The number of aliphatic hydroxyl groups excluding tert-OH is 1. The molecule has 0 aliphatic rings. The van der Waals surface area contributed by atoms with Crippen molar-refractivity contribution in [2.75, 3.05) is 13.1 Å². The van der Waals surface area contributed by atoms with Gasteiger partial charge < -0.3 is 5.11 Å². The van der Waals surface area contributed by atoms with Crippen LogP contribution in [0.5, 0.6) is 0 Å². The van der Waals surface area contributed by atoms with Crippen molar-refractivity contribution in [2.45, 2.75) is 45.6 Å². The molecule has 1 N–H and O–H groups in total. The molecular weight excluding hydrogens is 354 g/mol. The number of hydrogen-bond donors (Lipinski definition) is 1. The normalized spacial score (nSPS) is 13.7. The molecular formula is C15H24BrNO3S.